The van der Waals surface area contributed by atoms with Crippen molar-refractivity contribution in [2.24, 2.45) is 0 Å². The summed E-state index contributed by atoms with van der Waals surface area (Å²) >= 11 is 1.32. The van der Waals surface area contributed by atoms with Gasteiger partial charge in [0.15, 0.2) is 0 Å². The summed E-state index contributed by atoms with van der Waals surface area (Å²) in [4.78, 5) is 28.8. The van der Waals surface area contributed by atoms with Crippen molar-refractivity contribution in [3.8, 4) is 5.75 Å². The minimum atomic E-state index is -0.317. The van der Waals surface area contributed by atoms with Gasteiger partial charge in [0.2, 0.25) is 0 Å². The van der Waals surface area contributed by atoms with E-state index in [2.05, 4.69) is 0 Å². The standard InChI is InChI=1S/C26H25NO4S/c1-16(2)31-20-12-10-19(11-13-20)23-24(32-15-21-8-6-14-30-21)26(29)27(25(23)28)22-9-5-7-17(3)18(22)4/h5-14,16H,15H2,1-4H3. The van der Waals surface area contributed by atoms with Crippen LogP contribution in [0.3, 0.4) is 0 Å². The van der Waals surface area contributed by atoms with Crippen LogP contribution in [-0.2, 0) is 15.3 Å². The van der Waals surface area contributed by atoms with Crippen LogP contribution in [0.25, 0.3) is 5.57 Å². The maximum atomic E-state index is 13.6. The summed E-state index contributed by atoms with van der Waals surface area (Å²) in [6.07, 6.45) is 1.65. The van der Waals surface area contributed by atoms with Crippen molar-refractivity contribution in [1.29, 1.82) is 0 Å². The smallest absolute Gasteiger partial charge is 0.272 e. The topological polar surface area (TPSA) is 59.8 Å². The zero-order valence-electron chi connectivity index (χ0n) is 18.5. The predicted octanol–water partition coefficient (Wildman–Crippen LogP) is 5.90. The Hall–Kier alpha value is -3.25. The normalized spacial score (nSPS) is 14.1. The lowest BCUT2D eigenvalue weighted by Crippen LogP contribution is -2.32. The van der Waals surface area contributed by atoms with Crippen molar-refractivity contribution in [1.82, 2.24) is 0 Å². The number of amides is 2. The van der Waals surface area contributed by atoms with Crippen molar-refractivity contribution in [3.05, 3.63) is 88.2 Å². The maximum absolute atomic E-state index is 13.6. The second-order valence-corrected chi connectivity index (χ2v) is 8.91. The number of hydrogen-bond donors (Lipinski definition) is 0. The highest BCUT2D eigenvalue weighted by Crippen LogP contribution is 2.41. The summed E-state index contributed by atoms with van der Waals surface area (Å²) in [5, 5.41) is 0. The molecule has 0 saturated carbocycles. The van der Waals surface area contributed by atoms with Gasteiger partial charge in [-0.3, -0.25) is 9.59 Å². The van der Waals surface area contributed by atoms with Gasteiger partial charge in [0.25, 0.3) is 11.8 Å². The molecule has 3 aromatic rings. The Bertz CT molecular complexity index is 1180. The molecule has 0 spiro atoms. The van der Waals surface area contributed by atoms with E-state index in [9.17, 15) is 9.59 Å². The van der Waals surface area contributed by atoms with Crippen molar-refractivity contribution in [3.63, 3.8) is 0 Å². The molecule has 1 aliphatic heterocycles. The monoisotopic (exact) mass is 447 g/mol. The van der Waals surface area contributed by atoms with E-state index in [1.54, 1.807) is 6.26 Å². The minimum absolute atomic E-state index is 0.0500. The molecular formula is C26H25NO4S. The lowest BCUT2D eigenvalue weighted by molar-refractivity contribution is -0.119. The van der Waals surface area contributed by atoms with Crippen LogP contribution in [0.4, 0.5) is 5.69 Å². The minimum Gasteiger partial charge on any atom is -0.491 e. The fourth-order valence-corrected chi connectivity index (χ4v) is 4.62. The number of carbonyl (C=O) groups excluding carboxylic acids is 2. The number of furan rings is 1. The van der Waals surface area contributed by atoms with Gasteiger partial charge in [0, 0.05) is 0 Å². The van der Waals surface area contributed by atoms with Gasteiger partial charge in [0.1, 0.15) is 11.5 Å². The van der Waals surface area contributed by atoms with Crippen LogP contribution < -0.4 is 9.64 Å². The van der Waals surface area contributed by atoms with Gasteiger partial charge >= 0.3 is 0 Å². The summed E-state index contributed by atoms with van der Waals surface area (Å²) in [5.74, 6) is 1.30. The van der Waals surface area contributed by atoms with E-state index in [1.165, 1.54) is 16.7 Å². The number of thioether (sulfide) groups is 1. The quantitative estimate of drug-likeness (QED) is 0.422. The summed E-state index contributed by atoms with van der Waals surface area (Å²) in [6, 6.07) is 16.6. The number of aryl methyl sites for hydroxylation is 1. The first-order valence-corrected chi connectivity index (χ1v) is 11.5. The fraction of sp³-hybridized carbons (Fsp3) is 0.231. The van der Waals surface area contributed by atoms with E-state index in [-0.39, 0.29) is 17.9 Å². The third kappa shape index (κ3) is 4.23. The molecule has 0 bridgehead atoms. The van der Waals surface area contributed by atoms with Crippen LogP contribution in [0, 0.1) is 13.8 Å². The fourth-order valence-electron chi connectivity index (χ4n) is 3.61. The lowest BCUT2D eigenvalue weighted by atomic mass is 10.1. The van der Waals surface area contributed by atoms with Crippen LogP contribution in [-0.4, -0.2) is 17.9 Å². The van der Waals surface area contributed by atoms with Gasteiger partial charge in [0.05, 0.1) is 34.3 Å². The van der Waals surface area contributed by atoms with E-state index >= 15 is 0 Å². The largest absolute Gasteiger partial charge is 0.491 e. The van der Waals surface area contributed by atoms with E-state index < -0.39 is 0 Å². The summed E-state index contributed by atoms with van der Waals surface area (Å²) in [7, 11) is 0. The molecule has 0 N–H and O–H groups in total. The molecule has 6 heteroatoms. The van der Waals surface area contributed by atoms with Crippen molar-refractivity contribution in [2.45, 2.75) is 39.6 Å². The summed E-state index contributed by atoms with van der Waals surface area (Å²) in [5.41, 5.74) is 3.65. The Morgan fingerprint density at radius 1 is 0.969 bits per heavy atom. The van der Waals surface area contributed by atoms with Gasteiger partial charge in [-0.05, 0) is 74.7 Å². The Balaban J connectivity index is 1.74. The van der Waals surface area contributed by atoms with Crippen LogP contribution in [0.1, 0.15) is 36.3 Å². The Kier molecular flexibility index (Phi) is 6.24. The number of ether oxygens (including phenoxy) is 1. The predicted molar refractivity (Wildman–Crippen MR) is 128 cm³/mol. The second-order valence-electron chi connectivity index (χ2n) is 7.93. The molecule has 0 saturated heterocycles. The lowest BCUT2D eigenvalue weighted by Gasteiger charge is -2.19. The molecule has 32 heavy (non-hydrogen) atoms. The molecule has 5 nitrogen and oxygen atoms in total. The Labute approximate surface area is 192 Å². The molecule has 164 valence electrons. The number of imide groups is 1. The number of carbonyl (C=O) groups is 2. The average molecular weight is 448 g/mol. The third-order valence-corrected chi connectivity index (χ3v) is 6.41. The molecule has 1 aliphatic rings. The van der Waals surface area contributed by atoms with Gasteiger partial charge in [-0.2, -0.15) is 0 Å². The molecule has 0 aliphatic carbocycles. The highest BCUT2D eigenvalue weighted by atomic mass is 32.2. The number of hydrogen-bond acceptors (Lipinski definition) is 5. The summed E-state index contributed by atoms with van der Waals surface area (Å²) < 4.78 is 11.2. The van der Waals surface area contributed by atoms with Gasteiger partial charge in [-0.1, -0.05) is 24.3 Å². The first-order chi connectivity index (χ1) is 15.4. The number of rotatable bonds is 7. The molecule has 2 amide bonds. The van der Waals surface area contributed by atoms with E-state index in [0.29, 0.717) is 27.5 Å². The van der Waals surface area contributed by atoms with E-state index in [1.807, 2.05) is 82.3 Å². The van der Waals surface area contributed by atoms with E-state index in [0.717, 1.165) is 22.6 Å². The maximum Gasteiger partial charge on any atom is 0.272 e. The zero-order valence-corrected chi connectivity index (χ0v) is 19.4. The zero-order chi connectivity index (χ0) is 22.8. The molecule has 0 radical (unpaired) electrons. The molecule has 2 heterocycles. The number of anilines is 1. The Morgan fingerprint density at radius 2 is 1.72 bits per heavy atom. The first-order valence-electron chi connectivity index (χ1n) is 10.5. The van der Waals surface area contributed by atoms with E-state index in [4.69, 9.17) is 9.15 Å². The van der Waals surface area contributed by atoms with Crippen molar-refractivity contribution in [2.75, 3.05) is 4.90 Å². The third-order valence-electron chi connectivity index (χ3n) is 5.31. The molecule has 4 rings (SSSR count). The highest BCUT2D eigenvalue weighted by molar-refractivity contribution is 8.03. The molecule has 0 atom stereocenters. The van der Waals surface area contributed by atoms with Crippen molar-refractivity contribution >= 4 is 34.8 Å². The molecule has 2 aromatic carbocycles. The van der Waals surface area contributed by atoms with Gasteiger partial charge < -0.3 is 9.15 Å². The first kappa shape index (κ1) is 22.0. The average Bonchev–Trinajstić information content (AvgIpc) is 3.35. The Morgan fingerprint density at radius 3 is 2.38 bits per heavy atom. The number of nitrogens with zero attached hydrogens (tertiary/aromatic N) is 1. The van der Waals surface area contributed by atoms with Crippen LogP contribution in [0.2, 0.25) is 0 Å². The van der Waals surface area contributed by atoms with Crippen LogP contribution in [0.15, 0.2) is 70.2 Å². The van der Waals surface area contributed by atoms with Gasteiger partial charge in [-0.25, -0.2) is 4.90 Å². The van der Waals surface area contributed by atoms with Crippen LogP contribution in [0.5, 0.6) is 5.75 Å². The number of benzene rings is 2. The highest BCUT2D eigenvalue weighted by Gasteiger charge is 2.40. The summed E-state index contributed by atoms with van der Waals surface area (Å²) in [6.45, 7) is 7.82. The SMILES string of the molecule is Cc1cccc(N2C(=O)C(SCc3ccco3)=C(c3ccc(OC(C)C)cc3)C2=O)c1C. The molecule has 0 fully saturated rings. The molecule has 1 aromatic heterocycles. The van der Waals surface area contributed by atoms with Crippen molar-refractivity contribution < 1.29 is 18.7 Å². The molecular weight excluding hydrogens is 422 g/mol. The molecule has 0 unspecified atom stereocenters. The second kappa shape index (κ2) is 9.09. The van der Waals surface area contributed by atoms with Gasteiger partial charge in [-0.15, -0.1) is 11.8 Å². The van der Waals surface area contributed by atoms with Crippen LogP contribution >= 0.6 is 11.8 Å².